The van der Waals surface area contributed by atoms with Crippen molar-refractivity contribution in [2.24, 2.45) is 5.10 Å². The van der Waals surface area contributed by atoms with Crippen molar-refractivity contribution in [3.05, 3.63) is 72.3 Å². The Bertz CT molecular complexity index is 1030. The van der Waals surface area contributed by atoms with Gasteiger partial charge >= 0.3 is 0 Å². The van der Waals surface area contributed by atoms with Gasteiger partial charge in [-0.15, -0.1) is 0 Å². The molecule has 0 spiro atoms. The molecule has 0 aromatic heterocycles. The van der Waals surface area contributed by atoms with Gasteiger partial charge in [0.1, 0.15) is 23.0 Å². The number of benzene rings is 3. The second-order valence-corrected chi connectivity index (χ2v) is 6.39. The SMILES string of the molecule is COc1cc(OC)c(C=NNC(=O)COc2ccccc2-c2ccccc2)c(OC)c1. The monoisotopic (exact) mass is 420 g/mol. The van der Waals surface area contributed by atoms with Gasteiger partial charge in [-0.2, -0.15) is 5.10 Å². The molecule has 7 nitrogen and oxygen atoms in total. The molecule has 0 saturated carbocycles. The molecule has 0 bridgehead atoms. The van der Waals surface area contributed by atoms with E-state index >= 15 is 0 Å². The van der Waals surface area contributed by atoms with Gasteiger partial charge in [-0.25, -0.2) is 5.43 Å². The Labute approximate surface area is 181 Å². The van der Waals surface area contributed by atoms with E-state index in [1.807, 2.05) is 54.6 Å². The Morgan fingerprint density at radius 1 is 0.871 bits per heavy atom. The highest BCUT2D eigenvalue weighted by Crippen LogP contribution is 2.32. The van der Waals surface area contributed by atoms with Crippen LogP contribution in [0, 0.1) is 0 Å². The maximum Gasteiger partial charge on any atom is 0.277 e. The number of hydrogen-bond donors (Lipinski definition) is 1. The van der Waals surface area contributed by atoms with Crippen molar-refractivity contribution in [1.82, 2.24) is 5.43 Å². The maximum atomic E-state index is 12.2. The summed E-state index contributed by atoms with van der Waals surface area (Å²) < 4.78 is 21.7. The van der Waals surface area contributed by atoms with Gasteiger partial charge in [-0.1, -0.05) is 48.5 Å². The number of rotatable bonds is 9. The fraction of sp³-hybridized carbons (Fsp3) is 0.167. The number of hydrogen-bond acceptors (Lipinski definition) is 6. The molecule has 0 atom stereocenters. The number of amides is 1. The number of methoxy groups -OCH3 is 3. The number of carbonyl (C=O) groups excluding carboxylic acids is 1. The summed E-state index contributed by atoms with van der Waals surface area (Å²) in [6.45, 7) is -0.182. The van der Waals surface area contributed by atoms with Gasteiger partial charge in [-0.3, -0.25) is 4.79 Å². The summed E-state index contributed by atoms with van der Waals surface area (Å²) in [4.78, 5) is 12.2. The number of para-hydroxylation sites is 1. The lowest BCUT2D eigenvalue weighted by Crippen LogP contribution is -2.24. The molecular formula is C24H24N2O5. The molecule has 160 valence electrons. The quantitative estimate of drug-likeness (QED) is 0.420. The van der Waals surface area contributed by atoms with Crippen molar-refractivity contribution < 1.29 is 23.7 Å². The largest absolute Gasteiger partial charge is 0.496 e. The van der Waals surface area contributed by atoms with Crippen LogP contribution in [-0.2, 0) is 4.79 Å². The molecule has 0 saturated heterocycles. The summed E-state index contributed by atoms with van der Waals surface area (Å²) in [5.41, 5.74) is 4.94. The standard InChI is InChI=1S/C24H24N2O5/c1-28-18-13-22(29-2)20(23(14-18)30-3)15-25-26-24(27)16-31-21-12-8-7-11-19(21)17-9-5-4-6-10-17/h4-15H,16H2,1-3H3,(H,26,27). The highest BCUT2D eigenvalue weighted by Gasteiger charge is 2.12. The smallest absolute Gasteiger partial charge is 0.277 e. The van der Waals surface area contributed by atoms with Crippen molar-refractivity contribution in [3.63, 3.8) is 0 Å². The lowest BCUT2D eigenvalue weighted by atomic mass is 10.1. The number of nitrogens with zero attached hydrogens (tertiary/aromatic N) is 1. The van der Waals surface area contributed by atoms with Gasteiger partial charge in [0.2, 0.25) is 0 Å². The summed E-state index contributed by atoms with van der Waals surface area (Å²) in [7, 11) is 4.61. The molecule has 3 aromatic rings. The zero-order valence-corrected chi connectivity index (χ0v) is 17.6. The van der Waals surface area contributed by atoms with Crippen LogP contribution >= 0.6 is 0 Å². The van der Waals surface area contributed by atoms with Gasteiger partial charge in [0.25, 0.3) is 5.91 Å². The number of hydrazone groups is 1. The van der Waals surface area contributed by atoms with Gasteiger partial charge < -0.3 is 18.9 Å². The van der Waals surface area contributed by atoms with E-state index < -0.39 is 5.91 Å². The van der Waals surface area contributed by atoms with E-state index in [4.69, 9.17) is 18.9 Å². The third-order valence-corrected chi connectivity index (χ3v) is 4.47. The van der Waals surface area contributed by atoms with E-state index in [1.54, 1.807) is 19.2 Å². The minimum atomic E-state index is -0.398. The second-order valence-electron chi connectivity index (χ2n) is 6.39. The summed E-state index contributed by atoms with van der Waals surface area (Å²) in [6, 6.07) is 20.8. The van der Waals surface area contributed by atoms with Crippen LogP contribution < -0.4 is 24.4 Å². The average molecular weight is 420 g/mol. The molecule has 0 aliphatic rings. The predicted molar refractivity (Wildman–Crippen MR) is 119 cm³/mol. The molecular weight excluding hydrogens is 396 g/mol. The Morgan fingerprint density at radius 2 is 1.52 bits per heavy atom. The summed E-state index contributed by atoms with van der Waals surface area (Å²) in [5.74, 6) is 1.81. The van der Waals surface area contributed by atoms with Crippen molar-refractivity contribution in [3.8, 4) is 34.1 Å². The summed E-state index contributed by atoms with van der Waals surface area (Å²) >= 11 is 0. The van der Waals surface area contributed by atoms with Crippen molar-refractivity contribution in [2.75, 3.05) is 27.9 Å². The Morgan fingerprint density at radius 3 is 2.16 bits per heavy atom. The molecule has 0 aliphatic heterocycles. The first kappa shape index (κ1) is 21.7. The van der Waals surface area contributed by atoms with Crippen LogP contribution in [0.1, 0.15) is 5.56 Å². The molecule has 0 heterocycles. The molecule has 1 N–H and O–H groups in total. The van der Waals surface area contributed by atoms with Gasteiger partial charge in [0.15, 0.2) is 6.61 Å². The van der Waals surface area contributed by atoms with Gasteiger partial charge in [-0.05, 0) is 11.6 Å². The lowest BCUT2D eigenvalue weighted by Gasteiger charge is -2.12. The van der Waals surface area contributed by atoms with Crippen LogP contribution in [-0.4, -0.2) is 40.1 Å². The van der Waals surface area contributed by atoms with E-state index in [-0.39, 0.29) is 6.61 Å². The maximum absolute atomic E-state index is 12.2. The predicted octanol–water partition coefficient (Wildman–Crippen LogP) is 3.91. The topological polar surface area (TPSA) is 78.4 Å². The second kappa shape index (κ2) is 10.7. The van der Waals surface area contributed by atoms with Crippen LogP contribution in [0.5, 0.6) is 23.0 Å². The fourth-order valence-electron chi connectivity index (χ4n) is 2.95. The number of ether oxygens (including phenoxy) is 4. The highest BCUT2D eigenvalue weighted by molar-refractivity contribution is 5.89. The van der Waals surface area contributed by atoms with Crippen molar-refractivity contribution in [1.29, 1.82) is 0 Å². The summed E-state index contributed by atoms with van der Waals surface area (Å²) in [6.07, 6.45) is 1.45. The molecule has 0 fully saturated rings. The van der Waals surface area contributed by atoms with Crippen molar-refractivity contribution >= 4 is 12.1 Å². The Kier molecular flexibility index (Phi) is 7.48. The lowest BCUT2D eigenvalue weighted by molar-refractivity contribution is -0.123. The van der Waals surface area contributed by atoms with Gasteiger partial charge in [0.05, 0.1) is 33.1 Å². The molecule has 0 aliphatic carbocycles. The number of carbonyl (C=O) groups is 1. The first-order chi connectivity index (χ1) is 15.2. The first-order valence-corrected chi connectivity index (χ1v) is 9.55. The van der Waals surface area contributed by atoms with Crippen LogP contribution in [0.3, 0.4) is 0 Å². The van der Waals surface area contributed by atoms with Gasteiger partial charge in [0, 0.05) is 17.7 Å². The minimum Gasteiger partial charge on any atom is -0.496 e. The third-order valence-electron chi connectivity index (χ3n) is 4.47. The minimum absolute atomic E-state index is 0.182. The molecule has 3 aromatic carbocycles. The fourth-order valence-corrected chi connectivity index (χ4v) is 2.95. The van der Waals surface area contributed by atoms with Crippen molar-refractivity contribution in [2.45, 2.75) is 0 Å². The van der Waals surface area contributed by atoms with E-state index in [0.29, 0.717) is 28.6 Å². The van der Waals surface area contributed by atoms with Crippen LogP contribution in [0.2, 0.25) is 0 Å². The highest BCUT2D eigenvalue weighted by atomic mass is 16.5. The molecule has 31 heavy (non-hydrogen) atoms. The van der Waals surface area contributed by atoms with Crippen LogP contribution in [0.15, 0.2) is 71.8 Å². The first-order valence-electron chi connectivity index (χ1n) is 9.55. The van der Waals surface area contributed by atoms with E-state index in [2.05, 4.69) is 10.5 Å². The summed E-state index contributed by atoms with van der Waals surface area (Å²) in [5, 5.41) is 4.00. The van der Waals surface area contributed by atoms with Crippen LogP contribution in [0.4, 0.5) is 0 Å². The third kappa shape index (κ3) is 5.54. The van der Waals surface area contributed by atoms with E-state index in [0.717, 1.165) is 11.1 Å². The van der Waals surface area contributed by atoms with E-state index in [9.17, 15) is 4.79 Å². The molecule has 0 unspecified atom stereocenters. The molecule has 0 radical (unpaired) electrons. The zero-order chi connectivity index (χ0) is 22.1. The normalized spacial score (nSPS) is 10.5. The zero-order valence-electron chi connectivity index (χ0n) is 17.6. The number of nitrogens with one attached hydrogen (secondary N) is 1. The van der Waals surface area contributed by atoms with Crippen LogP contribution in [0.25, 0.3) is 11.1 Å². The van der Waals surface area contributed by atoms with E-state index in [1.165, 1.54) is 20.4 Å². The molecule has 3 rings (SSSR count). The Balaban J connectivity index is 1.65. The average Bonchev–Trinajstić information content (AvgIpc) is 2.83. The Hall–Kier alpha value is -4.00. The molecule has 1 amide bonds. The molecule has 7 heteroatoms.